The summed E-state index contributed by atoms with van der Waals surface area (Å²) in [5.74, 6) is -0.423. The Kier molecular flexibility index (Phi) is 2.74. The Morgan fingerprint density at radius 1 is 0.897 bits per heavy atom. The number of ketones is 2. The van der Waals surface area contributed by atoms with Gasteiger partial charge in [0.2, 0.25) is 0 Å². The number of hydrogen-bond acceptors (Lipinski definition) is 3. The molecule has 1 aliphatic carbocycles. The maximum Gasteiger partial charge on any atom is 0.188 e. The Morgan fingerprint density at radius 3 is 2.07 bits per heavy atom. The van der Waals surface area contributed by atoms with Gasteiger partial charge in [-0.2, -0.15) is 5.26 Å². The van der Waals surface area contributed by atoms with Crippen LogP contribution in [0.5, 0.6) is 0 Å². The van der Waals surface area contributed by atoms with Crippen molar-refractivity contribution in [2.24, 2.45) is 0 Å². The number of aromatic nitrogens is 2. The maximum absolute atomic E-state index is 12.9. The second-order valence-corrected chi connectivity index (χ2v) is 7.24. The van der Waals surface area contributed by atoms with Crippen molar-refractivity contribution < 1.29 is 9.59 Å². The molecule has 0 spiro atoms. The molecule has 5 aromatic rings. The first-order chi connectivity index (χ1) is 14.1. The lowest BCUT2D eigenvalue weighted by atomic mass is 9.96. The van der Waals surface area contributed by atoms with Crippen LogP contribution in [0.1, 0.15) is 32.7 Å². The van der Waals surface area contributed by atoms with Crippen LogP contribution in [0.4, 0.5) is 5.69 Å². The number of fused-ring (bicyclic) bond motifs is 10. The Morgan fingerprint density at radius 2 is 1.48 bits per heavy atom. The lowest BCUT2D eigenvalue weighted by Crippen LogP contribution is -1.94. The number of H-pyrrole nitrogens is 2. The van der Waals surface area contributed by atoms with Crippen molar-refractivity contribution in [3.63, 3.8) is 0 Å². The molecule has 0 fully saturated rings. The first-order valence-electron chi connectivity index (χ1n) is 9.01. The minimum atomic E-state index is -0.212. The largest absolute Gasteiger partial charge is 0.353 e. The van der Waals surface area contributed by atoms with E-state index in [-0.39, 0.29) is 18.0 Å². The molecular weight excluding hydrogens is 364 g/mol. The smallest absolute Gasteiger partial charge is 0.188 e. The number of carbonyl (C=O) groups is 2. The highest BCUT2D eigenvalue weighted by Gasteiger charge is 2.34. The fourth-order valence-corrected chi connectivity index (χ4v) is 4.54. The van der Waals surface area contributed by atoms with Crippen molar-refractivity contribution >= 4 is 60.9 Å². The zero-order valence-corrected chi connectivity index (χ0v) is 14.9. The summed E-state index contributed by atoms with van der Waals surface area (Å²) in [5.41, 5.74) is 4.83. The predicted octanol–water partition coefficient (Wildman–Crippen LogP) is 5.15. The predicted molar refractivity (Wildman–Crippen MR) is 109 cm³/mol. The van der Waals surface area contributed by atoms with E-state index in [4.69, 9.17) is 6.57 Å². The molecule has 0 aliphatic heterocycles. The Labute approximate surface area is 163 Å². The van der Waals surface area contributed by atoms with Crippen LogP contribution in [-0.2, 0) is 0 Å². The zero-order valence-electron chi connectivity index (χ0n) is 14.9. The lowest BCUT2D eigenvalue weighted by Gasteiger charge is -2.04. The number of aromatic amines is 2. The van der Waals surface area contributed by atoms with E-state index in [0.29, 0.717) is 33.2 Å². The third-order valence-corrected chi connectivity index (χ3v) is 5.72. The fourth-order valence-electron chi connectivity index (χ4n) is 4.54. The molecule has 6 rings (SSSR count). The number of nitrogens with one attached hydrogen (secondary N) is 2. The molecule has 2 aromatic heterocycles. The van der Waals surface area contributed by atoms with Gasteiger partial charge in [0.15, 0.2) is 17.3 Å². The van der Waals surface area contributed by atoms with Crippen LogP contribution in [0.25, 0.3) is 48.5 Å². The van der Waals surface area contributed by atoms with E-state index in [1.165, 1.54) is 0 Å². The lowest BCUT2D eigenvalue weighted by molar-refractivity contribution is 0.0924. The van der Waals surface area contributed by atoms with Gasteiger partial charge >= 0.3 is 0 Å². The maximum atomic E-state index is 12.9. The second kappa shape index (κ2) is 5.09. The van der Waals surface area contributed by atoms with Crippen LogP contribution < -0.4 is 0 Å². The second-order valence-electron chi connectivity index (χ2n) is 7.24. The van der Waals surface area contributed by atoms with Gasteiger partial charge in [-0.1, -0.05) is 6.07 Å². The third kappa shape index (κ3) is 1.82. The van der Waals surface area contributed by atoms with Gasteiger partial charge in [0.1, 0.15) is 0 Å². The van der Waals surface area contributed by atoms with E-state index in [0.717, 1.165) is 32.8 Å². The average molecular weight is 374 g/mol. The third-order valence-electron chi connectivity index (χ3n) is 5.72. The van der Waals surface area contributed by atoms with E-state index >= 15 is 0 Å². The highest BCUT2D eigenvalue weighted by atomic mass is 16.2. The highest BCUT2D eigenvalue weighted by Crippen LogP contribution is 2.44. The Hall–Kier alpha value is -4.42. The van der Waals surface area contributed by atoms with Crippen LogP contribution in [0.15, 0.2) is 36.4 Å². The minimum absolute atomic E-state index is 0.163. The first kappa shape index (κ1) is 15.6. The number of rotatable bonds is 0. The van der Waals surface area contributed by atoms with Crippen molar-refractivity contribution in [3.05, 3.63) is 64.5 Å². The monoisotopic (exact) mass is 374 g/mol. The van der Waals surface area contributed by atoms with Gasteiger partial charge < -0.3 is 9.97 Å². The van der Waals surface area contributed by atoms with Gasteiger partial charge in [-0.3, -0.25) is 9.59 Å². The Bertz CT molecular complexity index is 1560. The summed E-state index contributed by atoms with van der Waals surface area (Å²) in [6.45, 7) is 7.31. The molecule has 1 aliphatic rings. The molecule has 0 amide bonds. The van der Waals surface area contributed by atoms with Crippen LogP contribution in [0, 0.1) is 17.9 Å². The van der Waals surface area contributed by atoms with Gasteiger partial charge in [0.25, 0.3) is 0 Å². The summed E-state index contributed by atoms with van der Waals surface area (Å²) in [5, 5.41) is 12.2. The van der Waals surface area contributed by atoms with Crippen LogP contribution in [0.3, 0.4) is 0 Å². The van der Waals surface area contributed by atoms with Gasteiger partial charge in [-0.25, -0.2) is 4.85 Å². The molecule has 6 nitrogen and oxygen atoms in total. The fraction of sp³-hybridized carbons (Fsp3) is 0.0435. The molecule has 2 N–H and O–H groups in total. The SMILES string of the molecule is [C-]#[N+]c1ccc2[nH]c3c4[nH]c5ccc(C#N)cc5c4c4c(c3c2c1)C(=O)CC4=O. The van der Waals surface area contributed by atoms with Gasteiger partial charge in [0.05, 0.1) is 35.7 Å². The van der Waals surface area contributed by atoms with Crippen molar-refractivity contribution in [1.29, 1.82) is 5.26 Å². The normalized spacial score (nSPS) is 13.4. The molecule has 6 heteroatoms. The van der Waals surface area contributed by atoms with Crippen molar-refractivity contribution in [2.75, 3.05) is 0 Å². The van der Waals surface area contributed by atoms with Crippen molar-refractivity contribution in [2.45, 2.75) is 6.42 Å². The summed E-state index contributed by atoms with van der Waals surface area (Å²) in [6, 6.07) is 12.7. The van der Waals surface area contributed by atoms with Gasteiger partial charge in [0, 0.05) is 38.3 Å². The molecule has 0 atom stereocenters. The first-order valence-corrected chi connectivity index (χ1v) is 9.01. The number of nitrogens with zero attached hydrogens (tertiary/aromatic N) is 2. The molecule has 29 heavy (non-hydrogen) atoms. The quantitative estimate of drug-likeness (QED) is 0.290. The van der Waals surface area contributed by atoms with Crippen LogP contribution >= 0.6 is 0 Å². The number of hydrogen-bond donors (Lipinski definition) is 2. The summed E-state index contributed by atoms with van der Waals surface area (Å²) in [6.07, 6.45) is -0.163. The van der Waals surface area contributed by atoms with E-state index in [2.05, 4.69) is 20.9 Å². The molecular formula is C23H10N4O2. The van der Waals surface area contributed by atoms with Crippen molar-refractivity contribution in [1.82, 2.24) is 9.97 Å². The van der Waals surface area contributed by atoms with Crippen LogP contribution in [0.2, 0.25) is 0 Å². The van der Waals surface area contributed by atoms with E-state index < -0.39 is 0 Å². The topological polar surface area (TPSA) is 93.9 Å². The van der Waals surface area contributed by atoms with E-state index in [1.807, 2.05) is 12.1 Å². The molecule has 134 valence electrons. The zero-order chi connectivity index (χ0) is 19.9. The molecule has 0 unspecified atom stereocenters. The summed E-state index contributed by atoms with van der Waals surface area (Å²) in [4.78, 5) is 35.9. The van der Waals surface area contributed by atoms with Gasteiger partial charge in [-0.15, -0.1) is 0 Å². The molecule has 0 saturated carbocycles. The summed E-state index contributed by atoms with van der Waals surface area (Å²) in [7, 11) is 0. The minimum Gasteiger partial charge on any atom is -0.353 e. The van der Waals surface area contributed by atoms with E-state index in [9.17, 15) is 14.9 Å². The van der Waals surface area contributed by atoms with Gasteiger partial charge in [-0.05, 0) is 35.7 Å². The molecule has 2 heterocycles. The summed E-state index contributed by atoms with van der Waals surface area (Å²) < 4.78 is 0. The summed E-state index contributed by atoms with van der Waals surface area (Å²) >= 11 is 0. The molecule has 0 bridgehead atoms. The molecule has 0 saturated heterocycles. The average Bonchev–Trinajstić information content (AvgIpc) is 3.37. The standard InChI is InChI=1S/C23H10N4O2/c1-25-11-3-5-15-13(7-11)19-21-17(29)8-16(28)20(21)18-12-6-10(9-24)2-4-14(12)26-22(18)23(19)27-15/h2-7,26-27H,8H2. The number of benzene rings is 3. The van der Waals surface area contributed by atoms with E-state index in [1.54, 1.807) is 24.3 Å². The van der Waals surface area contributed by atoms with Crippen molar-refractivity contribution in [3.8, 4) is 6.07 Å². The number of Topliss-reactive ketones (excluding diaryl/α,β-unsaturated/α-hetero) is 2. The molecule has 3 aromatic carbocycles. The molecule has 0 radical (unpaired) electrons. The number of carbonyl (C=O) groups excluding carboxylic acids is 2. The van der Waals surface area contributed by atoms with Crippen LogP contribution in [-0.4, -0.2) is 21.5 Å². The Balaban J connectivity index is 1.95. The number of nitriles is 1. The highest BCUT2D eigenvalue weighted by molar-refractivity contribution is 6.40.